The Morgan fingerprint density at radius 3 is 2.77 bits per heavy atom. The van der Waals surface area contributed by atoms with Gasteiger partial charge in [-0.15, -0.1) is 0 Å². The molecule has 0 atom stereocenters. The van der Waals surface area contributed by atoms with Gasteiger partial charge in [0.2, 0.25) is 0 Å². The first-order chi connectivity index (χ1) is 10.7. The molecule has 2 aromatic rings. The van der Waals surface area contributed by atoms with Crippen LogP contribution in [0.25, 0.3) is 0 Å². The molecule has 1 aromatic heterocycles. The molecular weight excluding hydrogens is 301 g/mol. The van der Waals surface area contributed by atoms with Gasteiger partial charge in [0.25, 0.3) is 0 Å². The highest BCUT2D eigenvalue weighted by Gasteiger charge is 2.04. The highest BCUT2D eigenvalue weighted by molar-refractivity contribution is 7.07. The lowest BCUT2D eigenvalue weighted by Crippen LogP contribution is -2.36. The molecule has 0 radical (unpaired) electrons. The number of hydrogen-bond donors (Lipinski definition) is 2. The zero-order valence-electron chi connectivity index (χ0n) is 12.7. The fourth-order valence-electron chi connectivity index (χ4n) is 1.90. The number of ether oxygens (including phenoxy) is 1. The van der Waals surface area contributed by atoms with Gasteiger partial charge in [-0.05, 0) is 47.0 Å². The van der Waals surface area contributed by atoms with E-state index in [1.54, 1.807) is 17.4 Å². The van der Waals surface area contributed by atoms with Crippen molar-refractivity contribution in [1.82, 2.24) is 10.6 Å². The van der Waals surface area contributed by atoms with Gasteiger partial charge in [0.1, 0.15) is 0 Å². The molecule has 0 saturated heterocycles. The Morgan fingerprint density at radius 1 is 1.27 bits per heavy atom. The monoisotopic (exact) mass is 321 g/mol. The van der Waals surface area contributed by atoms with Crippen LogP contribution in [0.1, 0.15) is 18.1 Å². The average Bonchev–Trinajstić information content (AvgIpc) is 3.03. The minimum atomic E-state index is -0.359. The summed E-state index contributed by atoms with van der Waals surface area (Å²) in [6.07, 6.45) is 0. The predicted octanol–water partition coefficient (Wildman–Crippen LogP) is 3.15. The van der Waals surface area contributed by atoms with Crippen molar-refractivity contribution in [2.45, 2.75) is 20.0 Å². The highest BCUT2D eigenvalue weighted by atomic mass is 32.1. The number of aliphatic imine (C=N–C) groups is 1. The van der Waals surface area contributed by atoms with Crippen LogP contribution in [0.5, 0.6) is 5.75 Å². The molecule has 2 rings (SSSR count). The Bertz CT molecular complexity index is 614. The van der Waals surface area contributed by atoms with Crippen LogP contribution in [0.15, 0.2) is 40.0 Å². The van der Waals surface area contributed by atoms with Crippen molar-refractivity contribution in [3.8, 4) is 5.75 Å². The predicted molar refractivity (Wildman–Crippen MR) is 88.9 cm³/mol. The summed E-state index contributed by atoms with van der Waals surface area (Å²) >= 11 is 1.66. The first-order valence-electron chi connectivity index (χ1n) is 7.08. The number of hydrogen-bond acceptors (Lipinski definition) is 3. The summed E-state index contributed by atoms with van der Waals surface area (Å²) in [4.78, 5) is 4.51. The highest BCUT2D eigenvalue weighted by Crippen LogP contribution is 2.17. The van der Waals surface area contributed by atoms with Gasteiger partial charge >= 0.3 is 0 Å². The van der Waals surface area contributed by atoms with E-state index in [0.717, 1.165) is 12.1 Å². The van der Waals surface area contributed by atoms with Gasteiger partial charge in [-0.3, -0.25) is 0 Å². The van der Waals surface area contributed by atoms with Crippen LogP contribution < -0.4 is 15.4 Å². The van der Waals surface area contributed by atoms with Crippen molar-refractivity contribution >= 4 is 17.3 Å². The van der Waals surface area contributed by atoms with Gasteiger partial charge in [-0.1, -0.05) is 6.07 Å². The van der Waals surface area contributed by atoms with E-state index in [0.29, 0.717) is 19.0 Å². The third-order valence-corrected chi connectivity index (χ3v) is 3.75. The number of methoxy groups -OCH3 is 1. The molecule has 118 valence electrons. The Labute approximate surface area is 134 Å². The molecular formula is C16H20FN3OS. The molecule has 0 saturated carbocycles. The number of nitrogens with one attached hydrogen (secondary N) is 2. The van der Waals surface area contributed by atoms with E-state index >= 15 is 0 Å². The Hall–Kier alpha value is -2.08. The molecule has 0 fully saturated rings. The number of thiophene rings is 1. The van der Waals surface area contributed by atoms with E-state index in [1.165, 1.54) is 18.7 Å². The zero-order chi connectivity index (χ0) is 15.8. The largest absolute Gasteiger partial charge is 0.494 e. The van der Waals surface area contributed by atoms with Crippen LogP contribution in [0.2, 0.25) is 0 Å². The number of benzene rings is 1. The maximum absolute atomic E-state index is 13.7. The molecule has 0 bridgehead atoms. The lowest BCUT2D eigenvalue weighted by molar-refractivity contribution is 0.386. The molecule has 4 nitrogen and oxygen atoms in total. The topological polar surface area (TPSA) is 45.7 Å². The standard InChI is InChI=1S/C16H20FN3OS/c1-3-18-16(20-10-13-6-7-22-11-13)19-9-12-4-5-15(21-2)14(17)8-12/h4-8,11H,3,9-10H2,1-2H3,(H2,18,19,20). The fraction of sp³-hybridized carbons (Fsp3) is 0.312. The number of nitrogens with zero attached hydrogens (tertiary/aromatic N) is 1. The molecule has 6 heteroatoms. The molecule has 22 heavy (non-hydrogen) atoms. The number of guanidine groups is 1. The van der Waals surface area contributed by atoms with Crippen LogP contribution >= 0.6 is 11.3 Å². The number of halogens is 1. The second kappa shape index (κ2) is 8.38. The van der Waals surface area contributed by atoms with Crippen molar-refractivity contribution in [2.24, 2.45) is 4.99 Å². The molecule has 2 N–H and O–H groups in total. The summed E-state index contributed by atoms with van der Waals surface area (Å²) in [6.45, 7) is 3.90. The van der Waals surface area contributed by atoms with Gasteiger partial charge < -0.3 is 15.4 Å². The van der Waals surface area contributed by atoms with Gasteiger partial charge in [0.15, 0.2) is 17.5 Å². The lowest BCUT2D eigenvalue weighted by Gasteiger charge is -2.12. The summed E-state index contributed by atoms with van der Waals surface area (Å²) in [5.41, 5.74) is 2.01. The van der Waals surface area contributed by atoms with E-state index < -0.39 is 0 Å². The van der Waals surface area contributed by atoms with E-state index in [9.17, 15) is 4.39 Å². The van der Waals surface area contributed by atoms with Crippen LogP contribution in [0.4, 0.5) is 4.39 Å². The van der Waals surface area contributed by atoms with Crippen molar-refractivity contribution in [3.05, 3.63) is 52.0 Å². The zero-order valence-corrected chi connectivity index (χ0v) is 13.5. The van der Waals surface area contributed by atoms with Crippen LogP contribution in [0.3, 0.4) is 0 Å². The molecule has 0 spiro atoms. The van der Waals surface area contributed by atoms with Crippen LogP contribution in [0, 0.1) is 5.82 Å². The van der Waals surface area contributed by atoms with Crippen molar-refractivity contribution in [1.29, 1.82) is 0 Å². The summed E-state index contributed by atoms with van der Waals surface area (Å²) < 4.78 is 18.6. The molecule has 0 unspecified atom stereocenters. The Balaban J connectivity index is 1.96. The maximum Gasteiger partial charge on any atom is 0.191 e. The first kappa shape index (κ1) is 16.3. The second-order valence-electron chi connectivity index (χ2n) is 4.65. The Morgan fingerprint density at radius 2 is 2.14 bits per heavy atom. The Kier molecular flexibility index (Phi) is 6.21. The summed E-state index contributed by atoms with van der Waals surface area (Å²) in [5, 5.41) is 10.5. The minimum Gasteiger partial charge on any atom is -0.494 e. The van der Waals surface area contributed by atoms with Crippen molar-refractivity contribution < 1.29 is 9.13 Å². The SMILES string of the molecule is CCNC(=NCc1ccsc1)NCc1ccc(OC)c(F)c1. The molecule has 0 aliphatic rings. The molecule has 0 aliphatic carbocycles. The van der Waals surface area contributed by atoms with E-state index in [4.69, 9.17) is 4.74 Å². The van der Waals surface area contributed by atoms with E-state index in [2.05, 4.69) is 27.1 Å². The van der Waals surface area contributed by atoms with Crippen molar-refractivity contribution in [3.63, 3.8) is 0 Å². The normalized spacial score (nSPS) is 11.3. The smallest absolute Gasteiger partial charge is 0.191 e. The summed E-state index contributed by atoms with van der Waals surface area (Å²) in [7, 11) is 1.46. The third kappa shape index (κ3) is 4.73. The third-order valence-electron chi connectivity index (χ3n) is 3.02. The molecule has 1 aromatic carbocycles. The van der Waals surface area contributed by atoms with Gasteiger partial charge in [0, 0.05) is 13.1 Å². The lowest BCUT2D eigenvalue weighted by atomic mass is 10.2. The molecule has 0 aliphatic heterocycles. The molecule has 1 heterocycles. The van der Waals surface area contributed by atoms with E-state index in [-0.39, 0.29) is 11.6 Å². The average molecular weight is 321 g/mol. The first-order valence-corrected chi connectivity index (χ1v) is 8.03. The molecule has 0 amide bonds. The second-order valence-corrected chi connectivity index (χ2v) is 5.43. The van der Waals surface area contributed by atoms with Gasteiger partial charge in [-0.2, -0.15) is 11.3 Å². The van der Waals surface area contributed by atoms with Gasteiger partial charge in [0.05, 0.1) is 13.7 Å². The quantitative estimate of drug-likeness (QED) is 0.634. The summed E-state index contributed by atoms with van der Waals surface area (Å²) in [5.74, 6) is 0.605. The fourth-order valence-corrected chi connectivity index (χ4v) is 2.56. The summed E-state index contributed by atoms with van der Waals surface area (Å²) in [6, 6.07) is 6.98. The van der Waals surface area contributed by atoms with E-state index in [1.807, 2.05) is 18.4 Å². The number of rotatable bonds is 6. The van der Waals surface area contributed by atoms with Crippen molar-refractivity contribution in [2.75, 3.05) is 13.7 Å². The van der Waals surface area contributed by atoms with Crippen LogP contribution in [-0.2, 0) is 13.1 Å². The maximum atomic E-state index is 13.7. The van der Waals surface area contributed by atoms with Gasteiger partial charge in [-0.25, -0.2) is 9.38 Å². The van der Waals surface area contributed by atoms with Crippen LogP contribution in [-0.4, -0.2) is 19.6 Å². The minimum absolute atomic E-state index is 0.252.